The van der Waals surface area contributed by atoms with Gasteiger partial charge in [-0.05, 0) is 25.1 Å². The molecule has 2 aromatic rings. The van der Waals surface area contributed by atoms with E-state index in [1.165, 1.54) is 18.2 Å². The molecule has 1 aromatic heterocycles. The van der Waals surface area contributed by atoms with Gasteiger partial charge in [-0.3, -0.25) is 4.79 Å². The Morgan fingerprint density at radius 1 is 1.47 bits per heavy atom. The van der Waals surface area contributed by atoms with Gasteiger partial charge in [-0.25, -0.2) is 4.39 Å². The van der Waals surface area contributed by atoms with Gasteiger partial charge in [0.1, 0.15) is 17.4 Å². The van der Waals surface area contributed by atoms with E-state index in [9.17, 15) is 14.3 Å². The monoisotopic (exact) mass is 278 g/mol. The van der Waals surface area contributed by atoms with Gasteiger partial charge in [0.15, 0.2) is 5.82 Å². The molecule has 0 aliphatic rings. The molecule has 2 rings (SSSR count). The lowest BCUT2D eigenvalue weighted by Crippen LogP contribution is -2.13. The van der Waals surface area contributed by atoms with Crippen molar-refractivity contribution in [1.29, 1.82) is 5.26 Å². The number of aromatic hydroxyl groups is 1. The summed E-state index contributed by atoms with van der Waals surface area (Å²) in [6, 6.07) is 5.51. The number of phenols is 1. The Balaban J connectivity index is 2.92. The minimum Gasteiger partial charge on any atom is -0.507 e. The number of phenolic OH excluding ortho intramolecular Hbond substituents is 1. The number of nitrogens with one attached hydrogen (secondary N) is 1. The zero-order valence-electron chi connectivity index (χ0n) is 9.79. The summed E-state index contributed by atoms with van der Waals surface area (Å²) in [6.45, 7) is 1.59. The number of benzene rings is 1. The van der Waals surface area contributed by atoms with E-state index < -0.39 is 11.4 Å². The first-order chi connectivity index (χ1) is 8.95. The first-order valence-corrected chi connectivity index (χ1v) is 5.65. The number of aromatic amines is 1. The highest BCUT2D eigenvalue weighted by Gasteiger charge is 2.19. The topological polar surface area (TPSA) is 76.9 Å². The zero-order chi connectivity index (χ0) is 14.2. The van der Waals surface area contributed by atoms with E-state index in [1.807, 2.05) is 0 Å². The third-order valence-electron chi connectivity index (χ3n) is 2.62. The molecule has 4 nitrogen and oxygen atoms in total. The average molecular weight is 279 g/mol. The maximum Gasteiger partial charge on any atom is 0.266 e. The Hall–Kier alpha value is -2.32. The Morgan fingerprint density at radius 3 is 2.79 bits per heavy atom. The van der Waals surface area contributed by atoms with Crippen LogP contribution in [0.2, 0.25) is 5.02 Å². The third-order valence-corrected chi connectivity index (χ3v) is 2.91. The molecule has 96 valence electrons. The van der Waals surface area contributed by atoms with Crippen molar-refractivity contribution in [1.82, 2.24) is 4.98 Å². The van der Waals surface area contributed by atoms with Gasteiger partial charge in [0.05, 0.1) is 10.6 Å². The number of rotatable bonds is 1. The van der Waals surface area contributed by atoms with Gasteiger partial charge in [0, 0.05) is 11.3 Å². The summed E-state index contributed by atoms with van der Waals surface area (Å²) >= 11 is 5.66. The van der Waals surface area contributed by atoms with Crippen molar-refractivity contribution < 1.29 is 9.50 Å². The molecule has 0 saturated carbocycles. The minimum atomic E-state index is -0.872. The van der Waals surface area contributed by atoms with Crippen molar-refractivity contribution in [2.45, 2.75) is 6.92 Å². The van der Waals surface area contributed by atoms with E-state index in [1.54, 1.807) is 13.0 Å². The Labute approximate surface area is 112 Å². The molecular weight excluding hydrogens is 271 g/mol. The van der Waals surface area contributed by atoms with Crippen LogP contribution in [0.4, 0.5) is 4.39 Å². The summed E-state index contributed by atoms with van der Waals surface area (Å²) in [5, 5.41) is 18.5. The van der Waals surface area contributed by atoms with Crippen LogP contribution in [0.25, 0.3) is 11.1 Å². The second-order valence-electron chi connectivity index (χ2n) is 3.94. The van der Waals surface area contributed by atoms with Crippen molar-refractivity contribution >= 4 is 11.6 Å². The lowest BCUT2D eigenvalue weighted by Gasteiger charge is -2.09. The second kappa shape index (κ2) is 4.75. The van der Waals surface area contributed by atoms with Crippen LogP contribution in [-0.4, -0.2) is 10.1 Å². The van der Waals surface area contributed by atoms with Crippen LogP contribution in [-0.2, 0) is 0 Å². The highest BCUT2D eigenvalue weighted by molar-refractivity contribution is 6.31. The molecule has 0 aliphatic carbocycles. The number of hydrogen-bond acceptors (Lipinski definition) is 3. The maximum absolute atomic E-state index is 14.0. The molecule has 0 unspecified atom stereocenters. The second-order valence-corrected chi connectivity index (χ2v) is 4.34. The molecule has 0 spiro atoms. The third kappa shape index (κ3) is 2.18. The Bertz CT molecular complexity index is 762. The van der Waals surface area contributed by atoms with Gasteiger partial charge in [-0.2, -0.15) is 5.26 Å². The maximum atomic E-state index is 14.0. The number of nitriles is 1. The van der Waals surface area contributed by atoms with E-state index >= 15 is 0 Å². The van der Waals surface area contributed by atoms with Crippen LogP contribution in [0.3, 0.4) is 0 Å². The minimum absolute atomic E-state index is 0.0150. The fourth-order valence-electron chi connectivity index (χ4n) is 1.79. The molecule has 0 bridgehead atoms. The predicted molar refractivity (Wildman–Crippen MR) is 68.6 cm³/mol. The van der Waals surface area contributed by atoms with Crippen molar-refractivity contribution in [2.24, 2.45) is 0 Å². The van der Waals surface area contributed by atoms with Crippen LogP contribution in [0.1, 0.15) is 11.3 Å². The molecule has 1 aromatic carbocycles. The smallest absolute Gasteiger partial charge is 0.266 e. The Morgan fingerprint density at radius 2 is 2.16 bits per heavy atom. The molecule has 0 saturated heterocycles. The van der Waals surface area contributed by atoms with Crippen LogP contribution < -0.4 is 5.56 Å². The summed E-state index contributed by atoms with van der Waals surface area (Å²) < 4.78 is 14.0. The molecule has 0 radical (unpaired) electrons. The first-order valence-electron chi connectivity index (χ1n) is 5.27. The van der Waals surface area contributed by atoms with Crippen LogP contribution in [0.15, 0.2) is 23.0 Å². The molecule has 0 atom stereocenters. The van der Waals surface area contributed by atoms with Crippen molar-refractivity contribution in [2.75, 3.05) is 0 Å². The zero-order valence-corrected chi connectivity index (χ0v) is 10.5. The largest absolute Gasteiger partial charge is 0.507 e. The number of H-pyrrole nitrogens is 1. The summed E-state index contributed by atoms with van der Waals surface area (Å²) in [7, 11) is 0. The number of halogens is 2. The van der Waals surface area contributed by atoms with E-state index in [0.29, 0.717) is 5.69 Å². The van der Waals surface area contributed by atoms with Crippen LogP contribution in [0, 0.1) is 24.1 Å². The number of nitrogens with zero attached hydrogens (tertiary/aromatic N) is 1. The predicted octanol–water partition coefficient (Wildman–Crippen LogP) is 2.72. The average Bonchev–Trinajstić information content (AvgIpc) is 2.34. The SMILES string of the molecule is Cc1cc(-c2c(O)ccc(Cl)c2F)c(C#N)c(=O)[nH]1. The van der Waals surface area contributed by atoms with Gasteiger partial charge in [0.2, 0.25) is 0 Å². The summed E-state index contributed by atoms with van der Waals surface area (Å²) in [4.78, 5) is 14.1. The van der Waals surface area contributed by atoms with Crippen LogP contribution >= 0.6 is 11.6 Å². The molecular formula is C13H8ClFN2O2. The lowest BCUT2D eigenvalue weighted by molar-refractivity contribution is 0.472. The fraction of sp³-hybridized carbons (Fsp3) is 0.0769. The molecule has 1 heterocycles. The summed E-state index contributed by atoms with van der Waals surface area (Å²) in [6.07, 6.45) is 0. The molecule has 0 fully saturated rings. The van der Waals surface area contributed by atoms with Gasteiger partial charge >= 0.3 is 0 Å². The van der Waals surface area contributed by atoms with E-state index in [0.717, 1.165) is 0 Å². The first kappa shape index (κ1) is 13.1. The molecule has 2 N–H and O–H groups in total. The highest BCUT2D eigenvalue weighted by atomic mass is 35.5. The Kier molecular flexibility index (Phi) is 3.28. The van der Waals surface area contributed by atoms with Crippen LogP contribution in [0.5, 0.6) is 5.75 Å². The normalized spacial score (nSPS) is 10.2. The van der Waals surface area contributed by atoms with Gasteiger partial charge < -0.3 is 10.1 Å². The molecule has 0 aliphatic heterocycles. The molecule has 6 heteroatoms. The molecule has 0 amide bonds. The van der Waals surface area contributed by atoms with Gasteiger partial charge in [-0.1, -0.05) is 11.6 Å². The highest BCUT2D eigenvalue weighted by Crippen LogP contribution is 2.36. The number of aromatic nitrogens is 1. The van der Waals surface area contributed by atoms with Crippen molar-refractivity contribution in [3.63, 3.8) is 0 Å². The van der Waals surface area contributed by atoms with E-state index in [4.69, 9.17) is 16.9 Å². The quantitative estimate of drug-likeness (QED) is 0.842. The van der Waals surface area contributed by atoms with Crippen molar-refractivity contribution in [3.8, 4) is 22.9 Å². The number of aryl methyl sites for hydroxylation is 1. The van der Waals surface area contributed by atoms with E-state index in [-0.39, 0.29) is 27.5 Å². The van der Waals surface area contributed by atoms with Crippen molar-refractivity contribution in [3.05, 3.63) is 50.7 Å². The fourth-order valence-corrected chi connectivity index (χ4v) is 1.95. The van der Waals surface area contributed by atoms with Gasteiger partial charge in [0.25, 0.3) is 5.56 Å². The van der Waals surface area contributed by atoms with Gasteiger partial charge in [-0.15, -0.1) is 0 Å². The number of hydrogen-bond donors (Lipinski definition) is 2. The molecule has 19 heavy (non-hydrogen) atoms. The van der Waals surface area contributed by atoms with E-state index in [2.05, 4.69) is 4.98 Å². The standard InChI is InChI=1S/C13H8ClFN2O2/c1-6-4-7(8(5-16)13(19)17-6)11-10(18)3-2-9(14)12(11)15/h2-4,18H,1H3,(H,17,19). The summed E-state index contributed by atoms with van der Waals surface area (Å²) in [5.41, 5.74) is -0.712. The number of pyridine rings is 1. The lowest BCUT2D eigenvalue weighted by atomic mass is 9.99. The summed E-state index contributed by atoms with van der Waals surface area (Å²) in [5.74, 6) is -1.26.